The summed E-state index contributed by atoms with van der Waals surface area (Å²) in [5, 5.41) is 6.67. The molecule has 0 radical (unpaired) electrons. The van der Waals surface area contributed by atoms with Gasteiger partial charge in [-0.3, -0.25) is 14.3 Å². The van der Waals surface area contributed by atoms with Crippen LogP contribution in [0.3, 0.4) is 0 Å². The van der Waals surface area contributed by atoms with Crippen LogP contribution >= 0.6 is 22.9 Å². The number of pyridine rings is 1. The summed E-state index contributed by atoms with van der Waals surface area (Å²) in [5.41, 5.74) is 3.25. The van der Waals surface area contributed by atoms with E-state index in [1.165, 1.54) is 25.6 Å². The van der Waals surface area contributed by atoms with E-state index in [9.17, 15) is 9.59 Å². The minimum atomic E-state index is -0.531. The lowest BCUT2D eigenvalue weighted by Gasteiger charge is -2.19. The zero-order valence-electron chi connectivity index (χ0n) is 17.7. The van der Waals surface area contributed by atoms with Crippen molar-refractivity contribution in [2.24, 2.45) is 0 Å². The number of rotatable bonds is 8. The number of hydrogen-bond acceptors (Lipinski definition) is 7. The third kappa shape index (κ3) is 5.19. The molecule has 0 bridgehead atoms. The lowest BCUT2D eigenvalue weighted by Crippen LogP contribution is -2.41. The van der Waals surface area contributed by atoms with Gasteiger partial charge in [-0.05, 0) is 37.6 Å². The highest BCUT2D eigenvalue weighted by molar-refractivity contribution is 7.14. The minimum absolute atomic E-state index is 0.144. The zero-order valence-corrected chi connectivity index (χ0v) is 19.2. The van der Waals surface area contributed by atoms with Crippen LogP contribution in [0.5, 0.6) is 0 Å². The molecule has 3 aromatic rings. The third-order valence-corrected chi connectivity index (χ3v) is 5.51. The van der Waals surface area contributed by atoms with Crippen molar-refractivity contribution >= 4 is 40.6 Å². The highest BCUT2D eigenvalue weighted by Gasteiger charge is 2.25. The number of carbonyl (C=O) groups excluding carboxylic acids is 2. The summed E-state index contributed by atoms with van der Waals surface area (Å²) in [6, 6.07) is 5.50. The van der Waals surface area contributed by atoms with E-state index < -0.39 is 11.8 Å². The predicted octanol–water partition coefficient (Wildman–Crippen LogP) is 4.06. The van der Waals surface area contributed by atoms with Crippen LogP contribution in [-0.4, -0.2) is 54.0 Å². The van der Waals surface area contributed by atoms with Crippen LogP contribution in [0.1, 0.15) is 19.9 Å². The minimum Gasteiger partial charge on any atom is -0.375 e. The van der Waals surface area contributed by atoms with Gasteiger partial charge >= 0.3 is 0 Å². The predicted molar refractivity (Wildman–Crippen MR) is 120 cm³/mol. The second-order valence-corrected chi connectivity index (χ2v) is 8.54. The summed E-state index contributed by atoms with van der Waals surface area (Å²) < 4.78 is 12.4. The van der Waals surface area contributed by atoms with Gasteiger partial charge in [0.2, 0.25) is 0 Å². The molecule has 3 heterocycles. The number of aromatic nitrogens is 3. The smallest absolute Gasteiger partial charge is 0.261 e. The van der Waals surface area contributed by atoms with Gasteiger partial charge in [-0.2, -0.15) is 5.10 Å². The zero-order chi connectivity index (χ0) is 22.5. The molecule has 0 aliphatic carbocycles. The quantitative estimate of drug-likeness (QED) is 0.501. The Bertz CT molecular complexity index is 1060. The number of imide groups is 1. The number of nitrogens with zero attached hydrogens (tertiary/aromatic N) is 4. The summed E-state index contributed by atoms with van der Waals surface area (Å²) in [4.78, 5) is 30.3. The van der Waals surface area contributed by atoms with Crippen molar-refractivity contribution in [3.05, 3.63) is 40.3 Å². The van der Waals surface area contributed by atoms with Crippen LogP contribution in [0.25, 0.3) is 22.4 Å². The van der Waals surface area contributed by atoms with Gasteiger partial charge in [0.1, 0.15) is 24.7 Å². The maximum absolute atomic E-state index is 12.5. The Hall–Kier alpha value is -2.59. The molecular weight excluding hydrogens is 440 g/mol. The fraction of sp³-hybridized carbons (Fsp3) is 0.333. The Morgan fingerprint density at radius 2 is 1.84 bits per heavy atom. The number of carbonyl (C=O) groups is 2. The molecule has 0 N–H and O–H groups in total. The SMILES string of the molecule is COCC(=O)N(C(=O)COC)c1cc(-c2cn(C(C)C)nc2-c2csc(Cl)c2)ccn1. The molecule has 8 nitrogen and oxygen atoms in total. The number of thiophene rings is 1. The topological polar surface area (TPSA) is 86.5 Å². The van der Waals surface area contributed by atoms with E-state index in [-0.39, 0.29) is 25.1 Å². The van der Waals surface area contributed by atoms with Crippen molar-refractivity contribution in [2.45, 2.75) is 19.9 Å². The van der Waals surface area contributed by atoms with Crippen molar-refractivity contribution in [1.29, 1.82) is 0 Å². The number of hydrogen-bond donors (Lipinski definition) is 0. The Balaban J connectivity index is 2.10. The van der Waals surface area contributed by atoms with Crippen LogP contribution < -0.4 is 4.90 Å². The van der Waals surface area contributed by atoms with E-state index in [1.807, 2.05) is 42.2 Å². The standard InChI is InChI=1S/C21H23ClN4O4S/c1-13(2)25-9-16(21(24-25)15-7-17(22)31-12-15)14-5-6-23-18(8-14)26(19(27)10-29-3)20(28)11-30-4/h5-9,12-13H,10-11H2,1-4H3. The van der Waals surface area contributed by atoms with Crippen LogP contribution in [0.2, 0.25) is 4.34 Å². The molecule has 2 amide bonds. The molecule has 0 saturated carbocycles. The van der Waals surface area contributed by atoms with Gasteiger partial charge in [0, 0.05) is 49.2 Å². The first-order valence-electron chi connectivity index (χ1n) is 9.49. The molecule has 31 heavy (non-hydrogen) atoms. The molecular formula is C21H23ClN4O4S. The second-order valence-electron chi connectivity index (χ2n) is 7.00. The van der Waals surface area contributed by atoms with Crippen molar-refractivity contribution in [3.63, 3.8) is 0 Å². The number of halogens is 1. The Morgan fingerprint density at radius 1 is 1.16 bits per heavy atom. The monoisotopic (exact) mass is 462 g/mol. The van der Waals surface area contributed by atoms with Gasteiger partial charge in [0.25, 0.3) is 11.8 Å². The van der Waals surface area contributed by atoms with Crippen LogP contribution in [0.15, 0.2) is 36.0 Å². The van der Waals surface area contributed by atoms with E-state index in [1.54, 1.807) is 12.3 Å². The Morgan fingerprint density at radius 3 is 2.39 bits per heavy atom. The normalized spacial score (nSPS) is 11.2. The van der Waals surface area contributed by atoms with E-state index in [4.69, 9.17) is 26.2 Å². The third-order valence-electron chi connectivity index (χ3n) is 4.42. The first kappa shape index (κ1) is 23.1. The van der Waals surface area contributed by atoms with Crippen molar-refractivity contribution in [1.82, 2.24) is 14.8 Å². The lowest BCUT2D eigenvalue weighted by molar-refractivity contribution is -0.130. The highest BCUT2D eigenvalue weighted by atomic mass is 35.5. The maximum Gasteiger partial charge on any atom is 0.261 e. The Kier molecular flexibility index (Phi) is 7.55. The van der Waals surface area contributed by atoms with E-state index >= 15 is 0 Å². The number of ether oxygens (including phenoxy) is 2. The van der Waals surface area contributed by atoms with Crippen LogP contribution in [-0.2, 0) is 19.1 Å². The van der Waals surface area contributed by atoms with Crippen LogP contribution in [0.4, 0.5) is 5.82 Å². The van der Waals surface area contributed by atoms with Gasteiger partial charge in [-0.1, -0.05) is 11.6 Å². The van der Waals surface area contributed by atoms with Gasteiger partial charge in [-0.25, -0.2) is 9.88 Å². The summed E-state index contributed by atoms with van der Waals surface area (Å²) in [5.74, 6) is -0.873. The molecule has 0 atom stereocenters. The van der Waals surface area contributed by atoms with Gasteiger partial charge in [0.05, 0.1) is 4.34 Å². The van der Waals surface area contributed by atoms with Crippen molar-refractivity contribution < 1.29 is 19.1 Å². The summed E-state index contributed by atoms with van der Waals surface area (Å²) in [7, 11) is 2.78. The number of anilines is 1. The summed E-state index contributed by atoms with van der Waals surface area (Å²) in [6.07, 6.45) is 3.48. The van der Waals surface area contributed by atoms with E-state index in [0.717, 1.165) is 27.3 Å². The molecule has 0 unspecified atom stereocenters. The molecule has 0 aromatic carbocycles. The molecule has 0 spiro atoms. The molecule has 3 rings (SSSR count). The second kappa shape index (κ2) is 10.1. The van der Waals surface area contributed by atoms with Crippen molar-refractivity contribution in [3.8, 4) is 22.4 Å². The van der Waals surface area contributed by atoms with Crippen LogP contribution in [0, 0.1) is 0 Å². The molecule has 0 aliphatic heterocycles. The highest BCUT2D eigenvalue weighted by Crippen LogP contribution is 2.36. The fourth-order valence-corrected chi connectivity index (χ4v) is 3.86. The first-order valence-corrected chi connectivity index (χ1v) is 10.7. The Labute approximate surface area is 189 Å². The maximum atomic E-state index is 12.5. The summed E-state index contributed by atoms with van der Waals surface area (Å²) in [6.45, 7) is 3.55. The fourth-order valence-electron chi connectivity index (χ4n) is 2.99. The van der Waals surface area contributed by atoms with Gasteiger partial charge in [-0.15, -0.1) is 11.3 Å². The average molecular weight is 463 g/mol. The van der Waals surface area contributed by atoms with E-state index in [0.29, 0.717) is 4.34 Å². The molecule has 0 aliphatic rings. The molecule has 164 valence electrons. The lowest BCUT2D eigenvalue weighted by atomic mass is 10.0. The van der Waals surface area contributed by atoms with Crippen molar-refractivity contribution in [2.75, 3.05) is 32.3 Å². The van der Waals surface area contributed by atoms with Gasteiger partial charge in [0.15, 0.2) is 0 Å². The molecule has 10 heteroatoms. The molecule has 0 saturated heterocycles. The van der Waals surface area contributed by atoms with Gasteiger partial charge < -0.3 is 9.47 Å². The molecule has 0 fully saturated rings. The van der Waals surface area contributed by atoms with E-state index in [2.05, 4.69) is 4.98 Å². The first-order chi connectivity index (χ1) is 14.8. The number of methoxy groups -OCH3 is 2. The average Bonchev–Trinajstić information content (AvgIpc) is 3.35. The molecule has 3 aromatic heterocycles. The number of amides is 2. The largest absolute Gasteiger partial charge is 0.375 e. The summed E-state index contributed by atoms with van der Waals surface area (Å²) >= 11 is 7.57.